The lowest BCUT2D eigenvalue weighted by Gasteiger charge is -2.25. The van der Waals surface area contributed by atoms with Gasteiger partial charge in [-0.2, -0.15) is 11.8 Å². The minimum Gasteiger partial charge on any atom is -0.355 e. The molecule has 3 nitrogen and oxygen atoms in total. The highest BCUT2D eigenvalue weighted by Gasteiger charge is 2.16. The van der Waals surface area contributed by atoms with E-state index in [1.165, 1.54) is 25.0 Å². The van der Waals surface area contributed by atoms with Crippen LogP contribution in [0.3, 0.4) is 0 Å². The van der Waals surface area contributed by atoms with Crippen LogP contribution in [0.1, 0.15) is 25.7 Å². The molecule has 88 valence electrons. The first-order chi connectivity index (χ1) is 7.45. The molecule has 15 heavy (non-hydrogen) atoms. The van der Waals surface area contributed by atoms with E-state index >= 15 is 0 Å². The number of thioether (sulfide) groups is 1. The van der Waals surface area contributed by atoms with Crippen LogP contribution in [-0.2, 0) is 9.47 Å². The quantitative estimate of drug-likeness (QED) is 0.796. The average Bonchev–Trinajstić information content (AvgIpc) is 2.32. The number of nitrogens with one attached hydrogen (secondary N) is 1. The van der Waals surface area contributed by atoms with Crippen LogP contribution in [0.5, 0.6) is 0 Å². The first-order valence-corrected chi connectivity index (χ1v) is 7.01. The number of hydrogen-bond donors (Lipinski definition) is 1. The third-order valence-electron chi connectivity index (χ3n) is 2.99. The van der Waals surface area contributed by atoms with E-state index in [0.29, 0.717) is 12.9 Å². The molecule has 0 aromatic heterocycles. The van der Waals surface area contributed by atoms with Crippen molar-refractivity contribution in [3.63, 3.8) is 0 Å². The zero-order valence-electron chi connectivity index (χ0n) is 9.24. The fourth-order valence-electron chi connectivity index (χ4n) is 2.04. The van der Waals surface area contributed by atoms with Crippen molar-refractivity contribution in [1.82, 2.24) is 5.32 Å². The first kappa shape index (κ1) is 11.7. The third kappa shape index (κ3) is 4.31. The molecule has 2 aliphatic heterocycles. The van der Waals surface area contributed by atoms with E-state index in [9.17, 15) is 0 Å². The summed E-state index contributed by atoms with van der Waals surface area (Å²) in [6.45, 7) is 3.46. The van der Waals surface area contributed by atoms with E-state index in [1.54, 1.807) is 0 Å². The molecular weight excluding hydrogens is 210 g/mol. The van der Waals surface area contributed by atoms with Gasteiger partial charge in [0.25, 0.3) is 0 Å². The summed E-state index contributed by atoms with van der Waals surface area (Å²) in [6.07, 6.45) is 5.60. The van der Waals surface area contributed by atoms with Crippen LogP contribution in [0.25, 0.3) is 0 Å². The minimum atomic E-state index is 0.368. The van der Waals surface area contributed by atoms with E-state index in [-0.39, 0.29) is 0 Å². The molecule has 0 amide bonds. The van der Waals surface area contributed by atoms with Gasteiger partial charge in [-0.1, -0.05) is 6.42 Å². The smallest absolute Gasteiger partial charge is 0.147 e. The molecule has 1 N–H and O–H groups in total. The molecule has 0 bridgehead atoms. The Morgan fingerprint density at radius 3 is 2.93 bits per heavy atom. The topological polar surface area (TPSA) is 30.5 Å². The van der Waals surface area contributed by atoms with Crippen molar-refractivity contribution in [2.45, 2.75) is 37.0 Å². The molecule has 2 rings (SSSR count). The van der Waals surface area contributed by atoms with E-state index in [1.807, 2.05) is 0 Å². The van der Waals surface area contributed by atoms with E-state index < -0.39 is 0 Å². The Bertz CT molecular complexity index is 150. The molecule has 2 unspecified atom stereocenters. The van der Waals surface area contributed by atoms with Gasteiger partial charge in [0.05, 0.1) is 12.7 Å². The van der Waals surface area contributed by atoms with Gasteiger partial charge in [-0.15, -0.1) is 0 Å². The van der Waals surface area contributed by atoms with Crippen LogP contribution in [0.15, 0.2) is 0 Å². The van der Waals surface area contributed by atoms with Crippen molar-refractivity contribution in [2.75, 3.05) is 32.2 Å². The van der Waals surface area contributed by atoms with Gasteiger partial charge < -0.3 is 14.8 Å². The molecule has 0 saturated carbocycles. The van der Waals surface area contributed by atoms with Gasteiger partial charge in [0.2, 0.25) is 0 Å². The number of hydrogen-bond acceptors (Lipinski definition) is 4. The summed E-state index contributed by atoms with van der Waals surface area (Å²) in [4.78, 5) is 0. The van der Waals surface area contributed by atoms with Crippen LogP contribution in [0.4, 0.5) is 0 Å². The van der Waals surface area contributed by atoms with Crippen LogP contribution in [-0.4, -0.2) is 43.6 Å². The monoisotopic (exact) mass is 231 g/mol. The average molecular weight is 231 g/mol. The summed E-state index contributed by atoms with van der Waals surface area (Å²) < 4.78 is 10.6. The fraction of sp³-hybridized carbons (Fsp3) is 1.00. The fourth-order valence-corrected chi connectivity index (χ4v) is 3.31. The highest BCUT2D eigenvalue weighted by Crippen LogP contribution is 2.24. The summed E-state index contributed by atoms with van der Waals surface area (Å²) in [5.74, 6) is 1.35. The Balaban J connectivity index is 1.53. The summed E-state index contributed by atoms with van der Waals surface area (Å²) >= 11 is 2.12. The predicted octanol–water partition coefficient (Wildman–Crippen LogP) is 1.62. The summed E-state index contributed by atoms with van der Waals surface area (Å²) in [7, 11) is 0. The van der Waals surface area contributed by atoms with E-state index in [2.05, 4.69) is 17.1 Å². The van der Waals surface area contributed by atoms with E-state index in [4.69, 9.17) is 9.47 Å². The maximum Gasteiger partial charge on any atom is 0.147 e. The van der Waals surface area contributed by atoms with Crippen LogP contribution in [0, 0.1) is 0 Å². The Morgan fingerprint density at radius 2 is 2.20 bits per heavy atom. The van der Waals surface area contributed by atoms with Gasteiger partial charge in [0, 0.05) is 18.3 Å². The van der Waals surface area contributed by atoms with Crippen LogP contribution < -0.4 is 5.32 Å². The lowest BCUT2D eigenvalue weighted by atomic mass is 10.2. The number of rotatable bonds is 4. The Labute approximate surface area is 96.3 Å². The summed E-state index contributed by atoms with van der Waals surface area (Å²) in [5, 5.41) is 4.36. The lowest BCUT2D eigenvalue weighted by molar-refractivity contribution is -0.137. The number of ether oxygens (including phenoxy) is 2. The highest BCUT2D eigenvalue weighted by atomic mass is 32.2. The van der Waals surface area contributed by atoms with E-state index in [0.717, 1.165) is 31.4 Å². The second-order valence-electron chi connectivity index (χ2n) is 4.25. The first-order valence-electron chi connectivity index (χ1n) is 5.97. The van der Waals surface area contributed by atoms with Gasteiger partial charge in [-0.25, -0.2) is 0 Å². The standard InChI is InChI=1S/C11H21NO2S/c1-2-6-15-11(3-1)8-12-7-10-4-5-13-9-14-10/h10-12H,1-9H2. The molecule has 2 heterocycles. The van der Waals surface area contributed by atoms with Crippen molar-refractivity contribution >= 4 is 11.8 Å². The Morgan fingerprint density at radius 1 is 1.20 bits per heavy atom. The lowest BCUT2D eigenvalue weighted by Crippen LogP contribution is -2.37. The van der Waals surface area contributed by atoms with Crippen molar-refractivity contribution in [2.24, 2.45) is 0 Å². The van der Waals surface area contributed by atoms with Crippen molar-refractivity contribution in [3.05, 3.63) is 0 Å². The maximum atomic E-state index is 5.48. The SMILES string of the molecule is C1CCC(CNCC2CCOCO2)SC1. The van der Waals surface area contributed by atoms with Crippen molar-refractivity contribution in [1.29, 1.82) is 0 Å². The molecule has 0 aromatic carbocycles. The molecule has 0 aliphatic carbocycles. The molecule has 0 aromatic rings. The van der Waals surface area contributed by atoms with Gasteiger partial charge in [0.1, 0.15) is 6.79 Å². The predicted molar refractivity (Wildman–Crippen MR) is 63.3 cm³/mol. The minimum absolute atomic E-state index is 0.368. The molecular formula is C11H21NO2S. The van der Waals surface area contributed by atoms with Crippen molar-refractivity contribution in [3.8, 4) is 0 Å². The Kier molecular flexibility index (Phi) is 5.26. The third-order valence-corrected chi connectivity index (χ3v) is 4.39. The molecule has 4 heteroatoms. The largest absolute Gasteiger partial charge is 0.355 e. The molecule has 2 saturated heterocycles. The maximum absolute atomic E-state index is 5.48. The Hall–Kier alpha value is 0.230. The summed E-state index contributed by atoms with van der Waals surface area (Å²) in [5.41, 5.74) is 0. The molecule has 2 fully saturated rings. The molecule has 2 atom stereocenters. The zero-order chi connectivity index (χ0) is 10.3. The van der Waals surface area contributed by atoms with Crippen LogP contribution >= 0.6 is 11.8 Å². The normalized spacial score (nSPS) is 32.8. The molecule has 0 radical (unpaired) electrons. The van der Waals surface area contributed by atoms with Gasteiger partial charge in [-0.05, 0) is 25.0 Å². The van der Waals surface area contributed by atoms with Crippen LogP contribution in [0.2, 0.25) is 0 Å². The second kappa shape index (κ2) is 6.74. The summed E-state index contributed by atoms with van der Waals surface area (Å²) in [6, 6.07) is 0. The van der Waals surface area contributed by atoms with Gasteiger partial charge in [0.15, 0.2) is 0 Å². The molecule has 2 aliphatic rings. The zero-order valence-corrected chi connectivity index (χ0v) is 10.1. The van der Waals surface area contributed by atoms with Gasteiger partial charge >= 0.3 is 0 Å². The second-order valence-corrected chi connectivity index (χ2v) is 5.66. The van der Waals surface area contributed by atoms with Crippen molar-refractivity contribution < 1.29 is 9.47 Å². The highest BCUT2D eigenvalue weighted by molar-refractivity contribution is 7.99. The molecule has 0 spiro atoms. The van der Waals surface area contributed by atoms with Gasteiger partial charge in [-0.3, -0.25) is 0 Å².